The monoisotopic (exact) mass is 247 g/mol. The van der Waals surface area contributed by atoms with E-state index in [1.54, 1.807) is 10.9 Å². The van der Waals surface area contributed by atoms with Crippen LogP contribution in [0.15, 0.2) is 12.4 Å². The fraction of sp³-hybridized carbons (Fsp3) is 0.714. The van der Waals surface area contributed by atoms with E-state index in [2.05, 4.69) is 10.4 Å². The van der Waals surface area contributed by atoms with Gasteiger partial charge in [0.2, 0.25) is 0 Å². The predicted octanol–water partition coefficient (Wildman–Crippen LogP) is 2.21. The molecule has 1 aromatic rings. The van der Waals surface area contributed by atoms with Gasteiger partial charge in [-0.15, -0.1) is 0 Å². The molecule has 1 heterocycles. The minimum absolute atomic E-state index is 0.0484. The minimum atomic E-state index is 0.0484. The highest BCUT2D eigenvalue weighted by molar-refractivity contribution is 5.93. The van der Waals surface area contributed by atoms with Crippen molar-refractivity contribution < 1.29 is 4.79 Å². The van der Waals surface area contributed by atoms with Crippen LogP contribution in [0.2, 0.25) is 0 Å². The molecule has 2 saturated carbocycles. The van der Waals surface area contributed by atoms with Crippen molar-refractivity contribution >= 4 is 5.91 Å². The van der Waals surface area contributed by atoms with Crippen LogP contribution in [0.25, 0.3) is 0 Å². The third-order valence-electron chi connectivity index (χ3n) is 4.62. The van der Waals surface area contributed by atoms with Crippen LogP contribution in [0.5, 0.6) is 0 Å². The number of carbonyl (C=O) groups excluding carboxylic acids is 1. The van der Waals surface area contributed by atoms with Crippen LogP contribution < -0.4 is 5.32 Å². The van der Waals surface area contributed by atoms with Crippen LogP contribution in [0.4, 0.5) is 0 Å². The van der Waals surface area contributed by atoms with Gasteiger partial charge in [-0.05, 0) is 38.0 Å². The van der Waals surface area contributed by atoms with Gasteiger partial charge in [-0.2, -0.15) is 5.10 Å². The highest BCUT2D eigenvalue weighted by Crippen LogP contribution is 2.43. The van der Waals surface area contributed by atoms with Crippen LogP contribution in [0.1, 0.15) is 49.4 Å². The summed E-state index contributed by atoms with van der Waals surface area (Å²) in [6.07, 6.45) is 9.95. The Kier molecular flexibility index (Phi) is 3.10. The second kappa shape index (κ2) is 4.75. The summed E-state index contributed by atoms with van der Waals surface area (Å²) in [5, 5.41) is 7.36. The molecule has 0 unspecified atom stereocenters. The Bertz CT molecular complexity index is 440. The van der Waals surface area contributed by atoms with Crippen molar-refractivity contribution in [2.24, 2.45) is 11.8 Å². The van der Waals surface area contributed by atoms with Crippen LogP contribution in [0.3, 0.4) is 0 Å². The molecule has 0 bridgehead atoms. The lowest BCUT2D eigenvalue weighted by Gasteiger charge is -2.19. The molecule has 0 aliphatic heterocycles. The summed E-state index contributed by atoms with van der Waals surface area (Å²) in [6.45, 7) is 2.83. The Morgan fingerprint density at radius 2 is 2.33 bits per heavy atom. The zero-order valence-electron chi connectivity index (χ0n) is 10.9. The van der Waals surface area contributed by atoms with Gasteiger partial charge in [0.25, 0.3) is 5.91 Å². The molecule has 0 aromatic carbocycles. The first-order valence-corrected chi connectivity index (χ1v) is 7.11. The van der Waals surface area contributed by atoms with E-state index >= 15 is 0 Å². The Morgan fingerprint density at radius 1 is 1.44 bits per heavy atom. The number of aromatic nitrogens is 2. The molecule has 4 heteroatoms. The first-order chi connectivity index (χ1) is 8.78. The molecule has 3 atom stereocenters. The van der Waals surface area contributed by atoms with Crippen LogP contribution >= 0.6 is 0 Å². The fourth-order valence-corrected chi connectivity index (χ4v) is 3.65. The van der Waals surface area contributed by atoms with Gasteiger partial charge in [0, 0.05) is 18.8 Å². The maximum absolute atomic E-state index is 12.2. The van der Waals surface area contributed by atoms with Crippen molar-refractivity contribution in [2.45, 2.75) is 51.6 Å². The van der Waals surface area contributed by atoms with Gasteiger partial charge >= 0.3 is 0 Å². The normalized spacial score (nSPS) is 30.4. The summed E-state index contributed by atoms with van der Waals surface area (Å²) in [4.78, 5) is 12.2. The first-order valence-electron chi connectivity index (χ1n) is 7.11. The average molecular weight is 247 g/mol. The van der Waals surface area contributed by atoms with E-state index in [0.717, 1.165) is 24.8 Å². The summed E-state index contributed by atoms with van der Waals surface area (Å²) in [6, 6.07) is 0.398. The van der Waals surface area contributed by atoms with E-state index in [1.165, 1.54) is 25.7 Å². The van der Waals surface area contributed by atoms with Gasteiger partial charge in [-0.1, -0.05) is 12.8 Å². The highest BCUT2D eigenvalue weighted by Gasteiger charge is 2.39. The van der Waals surface area contributed by atoms with E-state index in [-0.39, 0.29) is 5.91 Å². The molecule has 4 nitrogen and oxygen atoms in total. The van der Waals surface area contributed by atoms with E-state index in [4.69, 9.17) is 0 Å². The van der Waals surface area contributed by atoms with Crippen LogP contribution in [-0.2, 0) is 6.54 Å². The average Bonchev–Trinajstić information content (AvgIpc) is 3.05. The number of carbonyl (C=O) groups is 1. The van der Waals surface area contributed by atoms with Crippen molar-refractivity contribution in [2.75, 3.05) is 0 Å². The Labute approximate surface area is 108 Å². The van der Waals surface area contributed by atoms with Gasteiger partial charge in [0.15, 0.2) is 0 Å². The number of nitrogens with one attached hydrogen (secondary N) is 1. The van der Waals surface area contributed by atoms with Crippen LogP contribution in [0, 0.1) is 11.8 Å². The lowest BCUT2D eigenvalue weighted by atomic mass is 9.97. The molecule has 0 saturated heterocycles. The SMILES string of the molecule is CCn1cc(C(=O)N[C@H]2CC[C@@H]3CCC[C@@H]32)cn1. The summed E-state index contributed by atoms with van der Waals surface area (Å²) >= 11 is 0. The fourth-order valence-electron chi connectivity index (χ4n) is 3.65. The van der Waals surface area contributed by atoms with Crippen molar-refractivity contribution in [1.82, 2.24) is 15.1 Å². The lowest BCUT2D eigenvalue weighted by Crippen LogP contribution is -2.37. The number of hydrogen-bond donors (Lipinski definition) is 1. The molecule has 1 amide bonds. The van der Waals surface area contributed by atoms with Crippen molar-refractivity contribution in [3.05, 3.63) is 18.0 Å². The third-order valence-corrected chi connectivity index (χ3v) is 4.62. The van der Waals surface area contributed by atoms with Gasteiger partial charge < -0.3 is 5.32 Å². The van der Waals surface area contributed by atoms with Gasteiger partial charge in [0.1, 0.15) is 0 Å². The summed E-state index contributed by atoms with van der Waals surface area (Å²) in [5.74, 6) is 1.65. The predicted molar refractivity (Wildman–Crippen MR) is 69.2 cm³/mol. The second-order valence-corrected chi connectivity index (χ2v) is 5.60. The molecular weight excluding hydrogens is 226 g/mol. The number of rotatable bonds is 3. The Balaban J connectivity index is 1.64. The third kappa shape index (κ3) is 2.04. The number of amides is 1. The van der Waals surface area contributed by atoms with E-state index in [0.29, 0.717) is 11.6 Å². The molecule has 1 aromatic heterocycles. The quantitative estimate of drug-likeness (QED) is 0.890. The Morgan fingerprint density at radius 3 is 3.11 bits per heavy atom. The second-order valence-electron chi connectivity index (χ2n) is 5.60. The Hall–Kier alpha value is -1.32. The number of fused-ring (bicyclic) bond motifs is 1. The van der Waals surface area contributed by atoms with E-state index in [1.807, 2.05) is 13.1 Å². The van der Waals surface area contributed by atoms with E-state index < -0.39 is 0 Å². The molecule has 2 aliphatic carbocycles. The van der Waals surface area contributed by atoms with Gasteiger partial charge in [-0.25, -0.2) is 0 Å². The largest absolute Gasteiger partial charge is 0.349 e. The molecule has 0 radical (unpaired) electrons. The van der Waals surface area contributed by atoms with Gasteiger partial charge in [-0.3, -0.25) is 9.48 Å². The number of nitrogens with zero attached hydrogens (tertiary/aromatic N) is 2. The van der Waals surface area contributed by atoms with Crippen molar-refractivity contribution in [3.8, 4) is 0 Å². The summed E-state index contributed by atoms with van der Waals surface area (Å²) < 4.78 is 1.79. The number of aryl methyl sites for hydroxylation is 1. The van der Waals surface area contributed by atoms with Gasteiger partial charge in [0.05, 0.1) is 11.8 Å². The molecule has 2 aliphatic rings. The number of hydrogen-bond acceptors (Lipinski definition) is 2. The molecule has 2 fully saturated rings. The standard InChI is InChI=1S/C14H21N3O/c1-2-17-9-11(8-15-17)14(18)16-13-7-6-10-4-3-5-12(10)13/h8-10,12-13H,2-7H2,1H3,(H,16,18)/t10-,12-,13-/m0/s1. The van der Waals surface area contributed by atoms with Crippen molar-refractivity contribution in [1.29, 1.82) is 0 Å². The highest BCUT2D eigenvalue weighted by atomic mass is 16.1. The summed E-state index contributed by atoms with van der Waals surface area (Å²) in [5.41, 5.74) is 0.693. The zero-order valence-corrected chi connectivity index (χ0v) is 10.9. The van der Waals surface area contributed by atoms with Crippen LogP contribution in [-0.4, -0.2) is 21.7 Å². The minimum Gasteiger partial charge on any atom is -0.349 e. The first kappa shape index (κ1) is 11.8. The van der Waals surface area contributed by atoms with E-state index in [9.17, 15) is 4.79 Å². The maximum Gasteiger partial charge on any atom is 0.254 e. The molecule has 98 valence electrons. The molecule has 1 N–H and O–H groups in total. The van der Waals surface area contributed by atoms with Crippen molar-refractivity contribution in [3.63, 3.8) is 0 Å². The smallest absolute Gasteiger partial charge is 0.254 e. The zero-order chi connectivity index (χ0) is 12.5. The molecule has 0 spiro atoms. The molecular formula is C14H21N3O. The lowest BCUT2D eigenvalue weighted by molar-refractivity contribution is 0.0926. The molecule has 3 rings (SSSR count). The summed E-state index contributed by atoms with van der Waals surface area (Å²) in [7, 11) is 0. The topological polar surface area (TPSA) is 46.9 Å². The maximum atomic E-state index is 12.2. The molecule has 18 heavy (non-hydrogen) atoms.